The third kappa shape index (κ3) is 5.43. The third-order valence-corrected chi connectivity index (χ3v) is 6.50. The number of nitrogens with one attached hydrogen (secondary N) is 1. The lowest BCUT2D eigenvalue weighted by Gasteiger charge is -2.33. The number of hydrogen-bond donors (Lipinski definition) is 1. The van der Waals surface area contributed by atoms with E-state index in [2.05, 4.69) is 5.32 Å². The lowest BCUT2D eigenvalue weighted by molar-refractivity contribution is -0.142. The zero-order valence-corrected chi connectivity index (χ0v) is 21.6. The zero-order valence-electron chi connectivity index (χ0n) is 21.6. The van der Waals surface area contributed by atoms with Gasteiger partial charge in [0.05, 0.1) is 5.69 Å². The molecule has 1 heterocycles. The highest BCUT2D eigenvalue weighted by atomic mass is 16.2. The molecule has 1 aliphatic rings. The van der Waals surface area contributed by atoms with Crippen molar-refractivity contribution in [2.75, 3.05) is 11.4 Å². The van der Waals surface area contributed by atoms with E-state index in [-0.39, 0.29) is 24.1 Å². The first-order valence-corrected chi connectivity index (χ1v) is 12.7. The first-order valence-electron chi connectivity index (χ1n) is 12.7. The van der Waals surface area contributed by atoms with Crippen molar-refractivity contribution in [1.82, 2.24) is 10.2 Å². The second kappa shape index (κ2) is 10.5. The molecule has 0 fully saturated rings. The fourth-order valence-corrected chi connectivity index (χ4v) is 4.89. The lowest BCUT2D eigenvalue weighted by atomic mass is 10.0. The molecule has 0 bridgehead atoms. The average Bonchev–Trinajstić information content (AvgIpc) is 3.11. The summed E-state index contributed by atoms with van der Waals surface area (Å²) in [6, 6.07) is 20.9. The molecule has 1 atom stereocenters. The van der Waals surface area contributed by atoms with Crippen molar-refractivity contribution in [3.63, 3.8) is 0 Å². The Bertz CT molecular complexity index is 1260. The summed E-state index contributed by atoms with van der Waals surface area (Å²) < 4.78 is 0. The minimum Gasteiger partial charge on any atom is -0.350 e. The normalized spacial score (nSPS) is 13.7. The smallest absolute Gasteiger partial charge is 0.258 e. The molecule has 1 unspecified atom stereocenters. The van der Waals surface area contributed by atoms with Gasteiger partial charge in [0, 0.05) is 36.0 Å². The summed E-state index contributed by atoms with van der Waals surface area (Å²) in [6.45, 7) is 8.55. The number of benzene rings is 3. The minimum atomic E-state index is -0.566. The van der Waals surface area contributed by atoms with Gasteiger partial charge in [0.2, 0.25) is 11.8 Å². The molecule has 0 saturated carbocycles. The first-order chi connectivity index (χ1) is 17.2. The number of anilines is 1. The topological polar surface area (TPSA) is 69.7 Å². The maximum Gasteiger partial charge on any atom is 0.258 e. The van der Waals surface area contributed by atoms with Crippen molar-refractivity contribution < 1.29 is 14.4 Å². The number of carbonyl (C=O) groups excluding carboxylic acids is 3. The van der Waals surface area contributed by atoms with Gasteiger partial charge in [-0.3, -0.25) is 14.4 Å². The number of nitrogens with zero attached hydrogens (tertiary/aromatic N) is 2. The van der Waals surface area contributed by atoms with E-state index in [1.165, 1.54) is 0 Å². The predicted molar refractivity (Wildman–Crippen MR) is 144 cm³/mol. The van der Waals surface area contributed by atoms with E-state index in [4.69, 9.17) is 0 Å². The summed E-state index contributed by atoms with van der Waals surface area (Å²) in [5.74, 6) is -0.255. The van der Waals surface area contributed by atoms with Crippen LogP contribution in [0.25, 0.3) is 10.8 Å². The lowest BCUT2D eigenvalue weighted by Crippen LogP contribution is -2.53. The molecule has 0 radical (unpaired) electrons. The Labute approximate surface area is 213 Å². The van der Waals surface area contributed by atoms with Gasteiger partial charge in [0.1, 0.15) is 6.04 Å². The Morgan fingerprint density at radius 2 is 1.67 bits per heavy atom. The van der Waals surface area contributed by atoms with E-state index in [0.717, 1.165) is 22.0 Å². The van der Waals surface area contributed by atoms with Crippen LogP contribution in [0.2, 0.25) is 0 Å². The van der Waals surface area contributed by atoms with Gasteiger partial charge in [-0.15, -0.1) is 0 Å². The molecule has 6 heteroatoms. The van der Waals surface area contributed by atoms with E-state index in [9.17, 15) is 14.4 Å². The second-order valence-corrected chi connectivity index (χ2v) is 10.4. The van der Waals surface area contributed by atoms with Gasteiger partial charge in [0.25, 0.3) is 5.91 Å². The van der Waals surface area contributed by atoms with Crippen molar-refractivity contribution in [2.24, 2.45) is 0 Å². The van der Waals surface area contributed by atoms with Gasteiger partial charge in [-0.05, 0) is 56.7 Å². The highest BCUT2D eigenvalue weighted by Crippen LogP contribution is 2.37. The Morgan fingerprint density at radius 3 is 2.33 bits per heavy atom. The van der Waals surface area contributed by atoms with Crippen molar-refractivity contribution in [2.45, 2.75) is 65.1 Å². The molecule has 0 aliphatic carbocycles. The zero-order chi connectivity index (χ0) is 25.9. The number of rotatable bonds is 9. The van der Waals surface area contributed by atoms with Gasteiger partial charge in [-0.2, -0.15) is 0 Å². The average molecular weight is 486 g/mol. The largest absolute Gasteiger partial charge is 0.350 e. The van der Waals surface area contributed by atoms with E-state index in [0.29, 0.717) is 31.5 Å². The Balaban J connectivity index is 1.48. The van der Waals surface area contributed by atoms with Gasteiger partial charge >= 0.3 is 0 Å². The molecule has 36 heavy (non-hydrogen) atoms. The first kappa shape index (κ1) is 25.4. The maximum absolute atomic E-state index is 13.5. The molecule has 6 nitrogen and oxygen atoms in total. The fourth-order valence-electron chi connectivity index (χ4n) is 4.89. The molecular formula is C30H35N3O3. The highest BCUT2D eigenvalue weighted by Gasteiger charge is 2.32. The number of carbonyl (C=O) groups is 3. The van der Waals surface area contributed by atoms with Crippen LogP contribution in [0.1, 0.15) is 62.9 Å². The summed E-state index contributed by atoms with van der Waals surface area (Å²) in [6.07, 6.45) is 1.28. The number of amides is 3. The molecule has 3 aromatic rings. The highest BCUT2D eigenvalue weighted by molar-refractivity contribution is 6.25. The summed E-state index contributed by atoms with van der Waals surface area (Å²) in [7, 11) is 0. The minimum absolute atomic E-state index is 0.0219. The molecule has 1 aliphatic heterocycles. The van der Waals surface area contributed by atoms with Crippen LogP contribution in [0.5, 0.6) is 0 Å². The third-order valence-electron chi connectivity index (χ3n) is 6.50. The van der Waals surface area contributed by atoms with Crippen molar-refractivity contribution >= 4 is 34.2 Å². The van der Waals surface area contributed by atoms with Gasteiger partial charge in [-0.25, -0.2) is 0 Å². The Hall–Kier alpha value is -3.67. The second-order valence-electron chi connectivity index (χ2n) is 10.4. The molecule has 0 spiro atoms. The molecular weight excluding hydrogens is 450 g/mol. The molecule has 0 aromatic heterocycles. The van der Waals surface area contributed by atoms with Crippen molar-refractivity contribution in [3.8, 4) is 0 Å². The van der Waals surface area contributed by atoms with Gasteiger partial charge in [0.15, 0.2) is 0 Å². The molecule has 1 N–H and O–H groups in total. The van der Waals surface area contributed by atoms with Gasteiger partial charge in [-0.1, -0.05) is 61.5 Å². The monoisotopic (exact) mass is 485 g/mol. The van der Waals surface area contributed by atoms with Crippen LogP contribution in [0, 0.1) is 0 Å². The summed E-state index contributed by atoms with van der Waals surface area (Å²) >= 11 is 0. The molecule has 188 valence electrons. The predicted octanol–water partition coefficient (Wildman–Crippen LogP) is 5.30. The standard InChI is InChI=1S/C30H35N3O3/c1-5-24(28(35)31-30(2,3)4)33(20-21-12-7-6-8-13-21)26(34)18-11-19-32-25-17-10-15-22-14-9-16-23(27(22)25)29(32)36/h6-10,12-17,24H,5,11,18-20H2,1-4H3,(H,31,35). The van der Waals surface area contributed by atoms with E-state index in [1.54, 1.807) is 9.80 Å². The van der Waals surface area contributed by atoms with Crippen LogP contribution >= 0.6 is 0 Å². The number of hydrogen-bond acceptors (Lipinski definition) is 3. The molecule has 0 saturated heterocycles. The Kier molecular flexibility index (Phi) is 7.43. The Morgan fingerprint density at radius 1 is 0.972 bits per heavy atom. The summed E-state index contributed by atoms with van der Waals surface area (Å²) in [4.78, 5) is 43.2. The van der Waals surface area contributed by atoms with Crippen molar-refractivity contribution in [3.05, 3.63) is 77.9 Å². The fraction of sp³-hybridized carbons (Fsp3) is 0.367. The summed E-state index contributed by atoms with van der Waals surface area (Å²) in [5, 5.41) is 5.06. The summed E-state index contributed by atoms with van der Waals surface area (Å²) in [5.41, 5.74) is 2.20. The quantitative estimate of drug-likeness (QED) is 0.447. The van der Waals surface area contributed by atoms with Gasteiger partial charge < -0.3 is 15.1 Å². The van der Waals surface area contributed by atoms with Crippen LogP contribution in [0.15, 0.2) is 66.7 Å². The molecule has 4 rings (SSSR count). The van der Waals surface area contributed by atoms with Crippen LogP contribution in [0.3, 0.4) is 0 Å². The SMILES string of the molecule is CCC(C(=O)NC(C)(C)C)N(Cc1ccccc1)C(=O)CCCN1C(=O)c2cccc3cccc1c23. The van der Waals surface area contributed by atoms with Crippen LogP contribution in [0.4, 0.5) is 5.69 Å². The van der Waals surface area contributed by atoms with E-state index in [1.807, 2.05) is 94.4 Å². The van der Waals surface area contributed by atoms with Crippen LogP contribution < -0.4 is 10.2 Å². The van der Waals surface area contributed by atoms with Crippen molar-refractivity contribution in [1.29, 1.82) is 0 Å². The van der Waals surface area contributed by atoms with E-state index >= 15 is 0 Å². The van der Waals surface area contributed by atoms with Crippen LogP contribution in [-0.4, -0.2) is 40.7 Å². The molecule has 3 amide bonds. The van der Waals surface area contributed by atoms with E-state index < -0.39 is 11.6 Å². The van der Waals surface area contributed by atoms with Crippen LogP contribution in [-0.2, 0) is 16.1 Å². The maximum atomic E-state index is 13.5. The molecule has 3 aromatic carbocycles.